The number of rotatable bonds is 6. The Morgan fingerprint density at radius 3 is 2.00 bits per heavy atom. The summed E-state index contributed by atoms with van der Waals surface area (Å²) in [4.78, 5) is 25.7. The number of ketones is 2. The number of phenolic OH excluding ortho intramolecular Hbond substituents is 2. The van der Waals surface area contributed by atoms with Crippen molar-refractivity contribution in [3.8, 4) is 11.5 Å². The van der Waals surface area contributed by atoms with Crippen molar-refractivity contribution in [1.29, 1.82) is 0 Å². The summed E-state index contributed by atoms with van der Waals surface area (Å²) >= 11 is 0. The van der Waals surface area contributed by atoms with Crippen LogP contribution in [0.4, 0.5) is 0 Å². The van der Waals surface area contributed by atoms with Gasteiger partial charge in [-0.05, 0) is 80.4 Å². The van der Waals surface area contributed by atoms with Gasteiger partial charge in [-0.1, -0.05) is 45.4 Å². The molecule has 2 fully saturated rings. The number of aromatic hydroxyl groups is 2. The molecule has 4 rings (SSSR count). The fourth-order valence-corrected chi connectivity index (χ4v) is 6.32. The lowest BCUT2D eigenvalue weighted by molar-refractivity contribution is 0.0955. The van der Waals surface area contributed by atoms with Gasteiger partial charge in [-0.2, -0.15) is 0 Å². The van der Waals surface area contributed by atoms with Crippen LogP contribution in [0.2, 0.25) is 0 Å². The van der Waals surface area contributed by atoms with Gasteiger partial charge < -0.3 is 10.2 Å². The molecule has 0 atom stereocenters. The second kappa shape index (κ2) is 9.58. The van der Waals surface area contributed by atoms with Crippen molar-refractivity contribution >= 4 is 11.6 Å². The molecule has 0 radical (unpaired) electrons. The van der Waals surface area contributed by atoms with Crippen LogP contribution in [-0.2, 0) is 0 Å². The number of fused-ring (bicyclic) bond motifs is 1. The van der Waals surface area contributed by atoms with E-state index < -0.39 is 0 Å². The van der Waals surface area contributed by atoms with Crippen molar-refractivity contribution in [3.63, 3.8) is 0 Å². The number of hydrogen-bond donors (Lipinski definition) is 2. The van der Waals surface area contributed by atoms with E-state index in [9.17, 15) is 19.8 Å². The molecule has 31 heavy (non-hydrogen) atoms. The number of carbonyl (C=O) groups is 2. The third-order valence-electron chi connectivity index (χ3n) is 8.17. The zero-order valence-corrected chi connectivity index (χ0v) is 18.7. The smallest absolute Gasteiger partial charge is 0.194 e. The second-order valence-corrected chi connectivity index (χ2v) is 10.0. The van der Waals surface area contributed by atoms with E-state index in [2.05, 4.69) is 6.92 Å². The van der Waals surface area contributed by atoms with Crippen LogP contribution >= 0.6 is 0 Å². The van der Waals surface area contributed by atoms with Crippen molar-refractivity contribution in [2.24, 2.45) is 23.7 Å². The van der Waals surface area contributed by atoms with Gasteiger partial charge in [-0.3, -0.25) is 9.59 Å². The molecule has 0 spiro atoms. The van der Waals surface area contributed by atoms with Crippen LogP contribution in [-0.4, -0.2) is 21.8 Å². The highest BCUT2D eigenvalue weighted by atomic mass is 16.3. The Morgan fingerprint density at radius 2 is 1.39 bits per heavy atom. The van der Waals surface area contributed by atoms with E-state index >= 15 is 0 Å². The van der Waals surface area contributed by atoms with Gasteiger partial charge in [-0.15, -0.1) is 0 Å². The van der Waals surface area contributed by atoms with Crippen LogP contribution in [0.15, 0.2) is 23.8 Å². The topological polar surface area (TPSA) is 74.6 Å². The van der Waals surface area contributed by atoms with Gasteiger partial charge in [-0.25, -0.2) is 0 Å². The first-order chi connectivity index (χ1) is 15.0. The minimum Gasteiger partial charge on any atom is -0.507 e. The van der Waals surface area contributed by atoms with E-state index in [1.165, 1.54) is 69.6 Å². The maximum Gasteiger partial charge on any atom is 0.194 e. The van der Waals surface area contributed by atoms with Crippen molar-refractivity contribution in [2.45, 2.75) is 84.0 Å². The molecular formula is C27H36O4. The molecule has 0 aromatic heterocycles. The zero-order chi connectivity index (χ0) is 22.0. The molecule has 3 aliphatic rings. The summed E-state index contributed by atoms with van der Waals surface area (Å²) in [6.07, 6.45) is 16.4. The van der Waals surface area contributed by atoms with E-state index in [1.807, 2.05) is 0 Å². The molecular weight excluding hydrogens is 388 g/mol. The van der Waals surface area contributed by atoms with Gasteiger partial charge in [0.2, 0.25) is 0 Å². The predicted octanol–water partition coefficient (Wildman–Crippen LogP) is 6.60. The Hall–Kier alpha value is -2.10. The molecule has 0 unspecified atom stereocenters. The number of allylic oxidation sites excluding steroid dienone is 2. The van der Waals surface area contributed by atoms with Crippen LogP contribution in [0.5, 0.6) is 11.5 Å². The molecule has 0 heterocycles. The summed E-state index contributed by atoms with van der Waals surface area (Å²) < 4.78 is 0. The van der Waals surface area contributed by atoms with Gasteiger partial charge in [0.05, 0.1) is 11.1 Å². The van der Waals surface area contributed by atoms with E-state index in [0.29, 0.717) is 5.57 Å². The fraction of sp³-hybridized carbons (Fsp3) is 0.630. The standard InChI is InChI=1S/C27H36O4/c1-2-3-4-5-17-6-8-18(9-7-17)19-10-12-20(13-11-19)21-16-24(30)25-22(28)14-15-23(29)26(25)27(21)31/h14-20,28-29H,2-13H2,1H3/t17-,18-,19-,20-. The molecule has 0 amide bonds. The summed E-state index contributed by atoms with van der Waals surface area (Å²) in [5.41, 5.74) is 0.445. The lowest BCUT2D eigenvalue weighted by Gasteiger charge is -2.38. The minimum absolute atomic E-state index is 0.0222. The number of carbonyl (C=O) groups excluding carboxylic acids is 2. The lowest BCUT2D eigenvalue weighted by Crippen LogP contribution is -2.29. The van der Waals surface area contributed by atoms with E-state index in [4.69, 9.17) is 0 Å². The second-order valence-electron chi connectivity index (χ2n) is 10.0. The Labute approximate surface area is 185 Å². The highest BCUT2D eigenvalue weighted by molar-refractivity contribution is 6.26. The number of phenols is 2. The maximum atomic E-state index is 13.1. The maximum absolute atomic E-state index is 13.1. The van der Waals surface area contributed by atoms with Crippen molar-refractivity contribution in [3.05, 3.63) is 34.9 Å². The normalized spacial score (nSPS) is 28.9. The first-order valence-corrected chi connectivity index (χ1v) is 12.3. The molecule has 2 N–H and O–H groups in total. The fourth-order valence-electron chi connectivity index (χ4n) is 6.32. The van der Waals surface area contributed by atoms with Gasteiger partial charge >= 0.3 is 0 Å². The number of Topliss-reactive ketones (excluding diaryl/α,β-unsaturated/α-hetero) is 1. The van der Waals surface area contributed by atoms with E-state index in [-0.39, 0.29) is 40.1 Å². The third kappa shape index (κ3) is 4.58. The van der Waals surface area contributed by atoms with Crippen molar-refractivity contribution in [2.75, 3.05) is 0 Å². The molecule has 4 heteroatoms. The van der Waals surface area contributed by atoms with Crippen LogP contribution in [0.1, 0.15) is 105 Å². The average Bonchev–Trinajstić information content (AvgIpc) is 2.78. The molecule has 0 saturated heterocycles. The van der Waals surface area contributed by atoms with Crippen LogP contribution in [0, 0.1) is 23.7 Å². The largest absolute Gasteiger partial charge is 0.507 e. The summed E-state index contributed by atoms with van der Waals surface area (Å²) in [6, 6.07) is 2.56. The molecule has 4 nitrogen and oxygen atoms in total. The summed E-state index contributed by atoms with van der Waals surface area (Å²) in [5.74, 6) is 1.44. The molecule has 1 aromatic rings. The molecule has 1 aromatic carbocycles. The highest BCUT2D eigenvalue weighted by Gasteiger charge is 2.37. The first-order valence-electron chi connectivity index (χ1n) is 12.3. The van der Waals surface area contributed by atoms with Crippen LogP contribution in [0.25, 0.3) is 0 Å². The Morgan fingerprint density at radius 1 is 0.806 bits per heavy atom. The number of hydrogen-bond acceptors (Lipinski definition) is 4. The monoisotopic (exact) mass is 424 g/mol. The van der Waals surface area contributed by atoms with Gasteiger partial charge in [0, 0.05) is 5.57 Å². The zero-order valence-electron chi connectivity index (χ0n) is 18.7. The Balaban J connectivity index is 1.34. The quantitative estimate of drug-likeness (QED) is 0.399. The molecule has 0 aliphatic heterocycles. The molecule has 168 valence electrons. The lowest BCUT2D eigenvalue weighted by atomic mass is 9.67. The Kier molecular flexibility index (Phi) is 6.83. The van der Waals surface area contributed by atoms with Gasteiger partial charge in [0.15, 0.2) is 11.6 Å². The number of benzene rings is 1. The molecule has 3 aliphatic carbocycles. The average molecular weight is 425 g/mol. The number of unbranched alkanes of at least 4 members (excludes halogenated alkanes) is 2. The summed E-state index contributed by atoms with van der Waals surface area (Å²) in [5, 5.41) is 20.2. The summed E-state index contributed by atoms with van der Waals surface area (Å²) in [7, 11) is 0. The van der Waals surface area contributed by atoms with Crippen molar-refractivity contribution < 1.29 is 19.8 Å². The van der Waals surface area contributed by atoms with Gasteiger partial charge in [0.25, 0.3) is 0 Å². The van der Waals surface area contributed by atoms with E-state index in [0.717, 1.165) is 43.4 Å². The minimum atomic E-state index is -0.374. The van der Waals surface area contributed by atoms with Crippen molar-refractivity contribution in [1.82, 2.24) is 0 Å². The van der Waals surface area contributed by atoms with Crippen LogP contribution in [0.3, 0.4) is 0 Å². The highest BCUT2D eigenvalue weighted by Crippen LogP contribution is 2.45. The third-order valence-corrected chi connectivity index (χ3v) is 8.17. The summed E-state index contributed by atoms with van der Waals surface area (Å²) in [6.45, 7) is 2.27. The van der Waals surface area contributed by atoms with Gasteiger partial charge in [0.1, 0.15) is 11.5 Å². The predicted molar refractivity (Wildman–Crippen MR) is 122 cm³/mol. The SMILES string of the molecule is CCCCC[C@H]1CC[C@H]([C@H]2CC[C@H](C3=CC(=O)c4c(O)ccc(O)c4C3=O)CC2)CC1. The molecule has 0 bridgehead atoms. The Bertz CT molecular complexity index is 852. The van der Waals surface area contributed by atoms with E-state index in [1.54, 1.807) is 0 Å². The molecule has 2 saturated carbocycles. The van der Waals surface area contributed by atoms with Crippen LogP contribution < -0.4 is 0 Å². The first kappa shape index (κ1) is 22.1.